The average molecular weight is 371 g/mol. The van der Waals surface area contributed by atoms with Gasteiger partial charge in [0.05, 0.1) is 0 Å². The molecular formula is C23H27ClO2. The Hall–Kier alpha value is -0.890. The van der Waals surface area contributed by atoms with Crippen molar-refractivity contribution < 1.29 is 9.59 Å². The molecule has 0 radical (unpaired) electrons. The number of halogens is 1. The highest BCUT2D eigenvalue weighted by molar-refractivity contribution is 6.32. The number of carbonyl (C=O) groups is 2. The molecule has 2 nitrogen and oxygen atoms in total. The number of hydrogen-bond acceptors (Lipinski definition) is 2. The third-order valence-electron chi connectivity index (χ3n) is 10.2. The molecule has 0 bridgehead atoms. The summed E-state index contributed by atoms with van der Waals surface area (Å²) in [5.74, 6) is 3.70. The van der Waals surface area contributed by atoms with Gasteiger partial charge in [-0.3, -0.25) is 9.59 Å². The van der Waals surface area contributed by atoms with Crippen LogP contribution >= 0.6 is 11.6 Å². The van der Waals surface area contributed by atoms with Crippen LogP contribution in [0.15, 0.2) is 22.8 Å². The monoisotopic (exact) mass is 370 g/mol. The lowest BCUT2D eigenvalue weighted by atomic mass is 9.47. The summed E-state index contributed by atoms with van der Waals surface area (Å²) in [6, 6.07) is 0. The van der Waals surface area contributed by atoms with Gasteiger partial charge in [-0.1, -0.05) is 31.5 Å². The van der Waals surface area contributed by atoms with Gasteiger partial charge < -0.3 is 0 Å². The molecule has 6 aliphatic rings. The molecule has 4 fully saturated rings. The summed E-state index contributed by atoms with van der Waals surface area (Å²) in [6.07, 6.45) is 9.85. The van der Waals surface area contributed by atoms with E-state index in [1.807, 2.05) is 13.0 Å². The van der Waals surface area contributed by atoms with Crippen molar-refractivity contribution in [3.8, 4) is 0 Å². The van der Waals surface area contributed by atoms with Crippen LogP contribution in [0.25, 0.3) is 0 Å². The molecule has 9 atom stereocenters. The molecule has 0 saturated heterocycles. The van der Waals surface area contributed by atoms with Crippen molar-refractivity contribution in [2.24, 2.45) is 51.8 Å². The first-order valence-electron chi connectivity index (χ1n) is 10.4. The third-order valence-corrected chi connectivity index (χ3v) is 10.5. The predicted octanol–water partition coefficient (Wildman–Crippen LogP) is 4.92. The van der Waals surface area contributed by atoms with E-state index in [2.05, 4.69) is 19.9 Å². The first-order valence-corrected chi connectivity index (χ1v) is 10.8. The van der Waals surface area contributed by atoms with Gasteiger partial charge in [-0.05, 0) is 85.7 Å². The number of allylic oxidation sites excluding steroid dienone is 4. The fourth-order valence-electron chi connectivity index (χ4n) is 8.73. The van der Waals surface area contributed by atoms with Crippen molar-refractivity contribution in [1.82, 2.24) is 0 Å². The number of ketones is 2. The highest BCUT2D eigenvalue weighted by Gasteiger charge is 2.77. The van der Waals surface area contributed by atoms with Crippen molar-refractivity contribution in [1.29, 1.82) is 0 Å². The molecule has 3 heteroatoms. The second-order valence-electron chi connectivity index (χ2n) is 10.6. The molecule has 4 saturated carbocycles. The van der Waals surface area contributed by atoms with Gasteiger partial charge in [0.15, 0.2) is 5.78 Å². The van der Waals surface area contributed by atoms with Gasteiger partial charge in [-0.25, -0.2) is 0 Å². The van der Waals surface area contributed by atoms with Crippen molar-refractivity contribution in [2.75, 3.05) is 0 Å². The third kappa shape index (κ3) is 1.49. The zero-order valence-corrected chi connectivity index (χ0v) is 16.6. The molecule has 6 rings (SSSR count). The Balaban J connectivity index is 1.47. The van der Waals surface area contributed by atoms with Crippen LogP contribution in [0.1, 0.15) is 52.9 Å². The van der Waals surface area contributed by atoms with Gasteiger partial charge in [0.2, 0.25) is 0 Å². The minimum Gasteiger partial charge on any atom is -0.299 e. The lowest BCUT2D eigenvalue weighted by Gasteiger charge is -2.57. The molecule has 0 aromatic rings. The maximum Gasteiger partial charge on any atom is 0.159 e. The molecule has 0 heterocycles. The fraction of sp³-hybridized carbons (Fsp3) is 0.739. The summed E-state index contributed by atoms with van der Waals surface area (Å²) in [5, 5.41) is 0.828. The number of Topliss-reactive ketones (excluding diaryl/α,β-unsaturated/α-hetero) is 1. The highest BCUT2D eigenvalue weighted by atomic mass is 35.5. The summed E-state index contributed by atoms with van der Waals surface area (Å²) >= 11 is 6.80. The zero-order valence-electron chi connectivity index (χ0n) is 15.8. The van der Waals surface area contributed by atoms with Gasteiger partial charge in [0.25, 0.3) is 0 Å². The largest absolute Gasteiger partial charge is 0.299 e. The Morgan fingerprint density at radius 3 is 2.69 bits per heavy atom. The highest BCUT2D eigenvalue weighted by Crippen LogP contribution is 2.81. The number of hydrogen-bond donors (Lipinski definition) is 0. The Labute approximate surface area is 160 Å². The van der Waals surface area contributed by atoms with E-state index in [-0.39, 0.29) is 22.2 Å². The van der Waals surface area contributed by atoms with Crippen LogP contribution in [0.3, 0.4) is 0 Å². The normalized spacial score (nSPS) is 58.4. The maximum atomic E-state index is 12.6. The smallest absolute Gasteiger partial charge is 0.159 e. The van der Waals surface area contributed by atoms with Gasteiger partial charge >= 0.3 is 0 Å². The average Bonchev–Trinajstić information content (AvgIpc) is 3.46. The molecule has 0 amide bonds. The molecule has 0 spiro atoms. The van der Waals surface area contributed by atoms with Crippen molar-refractivity contribution in [3.63, 3.8) is 0 Å². The minimum absolute atomic E-state index is 0.0371. The second kappa shape index (κ2) is 4.40. The van der Waals surface area contributed by atoms with Crippen LogP contribution in [0.2, 0.25) is 0 Å². The standard InChI is InChI=1S/C23H27ClO2/c1-11(25)23-10-12(23)6-16-13-8-19(24)18-9-20(26)14-7-17(14)22(18,3)15(13)4-5-21(16,23)2/h8-9,12-17H,4-7,10H2,1-3H3/t12-,13+,14-,15-,16-,17-,21-,22-,23-/m0/s1. The number of rotatable bonds is 1. The lowest BCUT2D eigenvalue weighted by molar-refractivity contribution is -0.131. The summed E-state index contributed by atoms with van der Waals surface area (Å²) in [6.45, 7) is 6.62. The zero-order chi connectivity index (χ0) is 18.2. The van der Waals surface area contributed by atoms with Gasteiger partial charge in [-0.2, -0.15) is 0 Å². The van der Waals surface area contributed by atoms with Gasteiger partial charge in [-0.15, -0.1) is 0 Å². The van der Waals surface area contributed by atoms with Crippen LogP contribution in [-0.4, -0.2) is 11.6 Å². The summed E-state index contributed by atoms with van der Waals surface area (Å²) in [7, 11) is 0. The Morgan fingerprint density at radius 2 is 1.96 bits per heavy atom. The summed E-state index contributed by atoms with van der Waals surface area (Å²) in [5.41, 5.74) is 1.29. The van der Waals surface area contributed by atoms with Crippen LogP contribution in [0, 0.1) is 51.8 Å². The molecule has 0 aliphatic heterocycles. The van der Waals surface area contributed by atoms with E-state index in [0.29, 0.717) is 41.2 Å². The molecule has 0 aromatic heterocycles. The Bertz CT molecular complexity index is 839. The van der Waals surface area contributed by atoms with E-state index in [4.69, 9.17) is 11.6 Å². The quantitative estimate of drug-likeness (QED) is 0.656. The van der Waals surface area contributed by atoms with Crippen molar-refractivity contribution >= 4 is 23.2 Å². The molecule has 0 unspecified atom stereocenters. The van der Waals surface area contributed by atoms with E-state index in [1.165, 1.54) is 12.8 Å². The SMILES string of the molecule is CC(=O)[C@@]12C[C@@H]1C[C@H]1[C@@H]3C=C(Cl)C4=CC(=O)[C@H]5C[C@@H]5[C@]4(C)[C@H]3CC[C@@]12C. The van der Waals surface area contributed by atoms with Gasteiger partial charge in [0, 0.05) is 21.8 Å². The van der Waals surface area contributed by atoms with E-state index in [1.54, 1.807) is 0 Å². The molecule has 138 valence electrons. The van der Waals surface area contributed by atoms with E-state index in [0.717, 1.165) is 29.9 Å². The lowest BCUT2D eigenvalue weighted by Crippen LogP contribution is -2.52. The van der Waals surface area contributed by atoms with E-state index < -0.39 is 0 Å². The molecule has 26 heavy (non-hydrogen) atoms. The van der Waals surface area contributed by atoms with E-state index in [9.17, 15) is 9.59 Å². The first-order chi connectivity index (χ1) is 12.2. The molecule has 0 aromatic carbocycles. The van der Waals surface area contributed by atoms with Crippen LogP contribution < -0.4 is 0 Å². The fourth-order valence-corrected chi connectivity index (χ4v) is 9.14. The van der Waals surface area contributed by atoms with Crippen LogP contribution in [0.4, 0.5) is 0 Å². The number of fused-ring (bicyclic) bond motifs is 9. The Morgan fingerprint density at radius 1 is 1.19 bits per heavy atom. The number of carbonyl (C=O) groups excluding carboxylic acids is 2. The first kappa shape index (κ1) is 16.1. The second-order valence-corrected chi connectivity index (χ2v) is 11.0. The van der Waals surface area contributed by atoms with E-state index >= 15 is 0 Å². The maximum absolute atomic E-state index is 12.6. The van der Waals surface area contributed by atoms with Gasteiger partial charge in [0.1, 0.15) is 5.78 Å². The van der Waals surface area contributed by atoms with Crippen LogP contribution in [-0.2, 0) is 9.59 Å². The van der Waals surface area contributed by atoms with Crippen LogP contribution in [0.5, 0.6) is 0 Å². The molecule has 0 N–H and O–H groups in total. The summed E-state index contributed by atoms with van der Waals surface area (Å²) < 4.78 is 0. The summed E-state index contributed by atoms with van der Waals surface area (Å²) in [4.78, 5) is 24.9. The topological polar surface area (TPSA) is 34.1 Å². The Kier molecular flexibility index (Phi) is 2.72. The van der Waals surface area contributed by atoms with Crippen molar-refractivity contribution in [2.45, 2.75) is 52.9 Å². The minimum atomic E-state index is -0.0371. The molecular weight excluding hydrogens is 344 g/mol. The predicted molar refractivity (Wildman–Crippen MR) is 100 cm³/mol. The van der Waals surface area contributed by atoms with Crippen molar-refractivity contribution in [3.05, 3.63) is 22.8 Å². The molecule has 6 aliphatic carbocycles.